The monoisotopic (exact) mass is 826 g/mol. The van der Waals surface area contributed by atoms with E-state index < -0.39 is 57.5 Å². The molecule has 4 fully saturated rings. The number of aromatic nitrogens is 1. The predicted molar refractivity (Wildman–Crippen MR) is 221 cm³/mol. The Morgan fingerprint density at radius 2 is 1.70 bits per heavy atom. The molecule has 2 aromatic carbocycles. The van der Waals surface area contributed by atoms with E-state index in [4.69, 9.17) is 18.9 Å². The van der Waals surface area contributed by atoms with Gasteiger partial charge in [-0.25, -0.2) is 4.79 Å². The van der Waals surface area contributed by atoms with Crippen molar-refractivity contribution >= 4 is 40.9 Å². The van der Waals surface area contributed by atoms with Gasteiger partial charge in [-0.1, -0.05) is 32.0 Å². The summed E-state index contributed by atoms with van der Waals surface area (Å²) in [6.07, 6.45) is 3.43. The number of aliphatic hydroxyl groups is 2. The summed E-state index contributed by atoms with van der Waals surface area (Å²) in [7, 11) is 4.12. The molecule has 0 radical (unpaired) electrons. The van der Waals surface area contributed by atoms with Crippen LogP contribution in [0.1, 0.15) is 88.1 Å². The maximum Gasteiger partial charge on any atom is 0.344 e. The van der Waals surface area contributed by atoms with Crippen LogP contribution in [0, 0.1) is 11.3 Å². The van der Waals surface area contributed by atoms with Gasteiger partial charge >= 0.3 is 17.9 Å². The number of amides is 1. The standard InChI is InChI=1S/C46H58N4O10/c1-7-42(55)22-28-23-45(40(53)58-5,36-30(14-18-48(24-28)25-42)29-12-9-10-13-33(29)47-36)32-20-31-34(21-35(32)57-4)50(26-51)38-44(31)16-19-49-17-11-15-43(8-2,37(44)49)39(60-27(3)52)46(38,56)41(54)59-6/h9-10,12-13,20-21,26,28,37-39,47,55-56H,7-8,11,14-19,22-25H2,1-6H3/t28-,37+,38-,39-,42+,43-,44-,45+,46+/m1/s1. The highest BCUT2D eigenvalue weighted by Gasteiger charge is 2.81. The maximum absolute atomic E-state index is 15.3. The molecule has 2 bridgehead atoms. The van der Waals surface area contributed by atoms with Crippen molar-refractivity contribution in [3.63, 3.8) is 0 Å². The van der Waals surface area contributed by atoms with Crippen LogP contribution in [0.25, 0.3) is 10.9 Å². The number of anilines is 1. The number of nitrogens with one attached hydrogen (secondary N) is 1. The second-order valence-corrected chi connectivity index (χ2v) is 18.5. The van der Waals surface area contributed by atoms with E-state index in [0.29, 0.717) is 99.4 Å². The molecular weight excluding hydrogens is 769 g/mol. The third kappa shape index (κ3) is 5.26. The molecule has 3 N–H and O–H groups in total. The van der Waals surface area contributed by atoms with Gasteiger partial charge in [0.1, 0.15) is 11.2 Å². The summed E-state index contributed by atoms with van der Waals surface area (Å²) in [4.78, 5) is 66.3. The normalized spacial score (nSPS) is 36.7. The number of benzene rings is 2. The number of nitrogens with zero attached hydrogens (tertiary/aromatic N) is 3. The number of rotatable bonds is 8. The summed E-state index contributed by atoms with van der Waals surface area (Å²) in [6, 6.07) is 10.2. The molecule has 1 amide bonds. The van der Waals surface area contributed by atoms with Gasteiger partial charge in [0.15, 0.2) is 6.10 Å². The Morgan fingerprint density at radius 3 is 2.38 bits per heavy atom. The molecule has 6 aliphatic rings. The van der Waals surface area contributed by atoms with E-state index in [-0.39, 0.29) is 18.4 Å². The molecule has 5 aliphatic heterocycles. The van der Waals surface area contributed by atoms with Crippen LogP contribution in [0.5, 0.6) is 5.75 Å². The second kappa shape index (κ2) is 14.3. The third-order valence-corrected chi connectivity index (χ3v) is 15.9. The van der Waals surface area contributed by atoms with Gasteiger partial charge in [0.25, 0.3) is 0 Å². The lowest BCUT2D eigenvalue weighted by molar-refractivity contribution is -0.242. The molecule has 60 heavy (non-hydrogen) atoms. The Hall–Kier alpha value is -4.50. The maximum atomic E-state index is 15.3. The van der Waals surface area contributed by atoms with Crippen LogP contribution in [-0.2, 0) is 50.6 Å². The average Bonchev–Trinajstić information content (AvgIpc) is 3.92. The largest absolute Gasteiger partial charge is 0.496 e. The molecule has 14 heteroatoms. The summed E-state index contributed by atoms with van der Waals surface area (Å²) in [6.45, 7) is 8.49. The molecule has 10 atom stereocenters. The zero-order chi connectivity index (χ0) is 42.6. The number of hydrogen-bond donors (Lipinski definition) is 3. The topological polar surface area (TPSA) is 171 Å². The molecule has 6 heterocycles. The number of fused-ring (bicyclic) bond motifs is 6. The van der Waals surface area contributed by atoms with Crippen molar-refractivity contribution in [1.29, 1.82) is 0 Å². The molecule has 3 saturated heterocycles. The minimum absolute atomic E-state index is 0.146. The summed E-state index contributed by atoms with van der Waals surface area (Å²) in [5, 5.41) is 26.3. The van der Waals surface area contributed by atoms with Gasteiger partial charge in [-0.2, -0.15) is 0 Å². The van der Waals surface area contributed by atoms with E-state index in [0.717, 1.165) is 29.4 Å². The first-order valence-corrected chi connectivity index (χ1v) is 21.6. The third-order valence-electron chi connectivity index (χ3n) is 15.9. The van der Waals surface area contributed by atoms with Gasteiger partial charge in [-0.15, -0.1) is 0 Å². The molecule has 1 aromatic heterocycles. The number of methoxy groups -OCH3 is 3. The SMILES string of the molecule is CC[C@]1(O)C[C@H]2CN(CCc3c([nH]c4ccccc34)[C@@](C(=O)OC)(c3cc4c(cc3OC)N(C=O)[C@H]3[C@@](O)(C(=O)OC)[C@H](OC(C)=O)[C@]5(CC)CCCN6CC[C@]43[C@@H]65)C2)C1. The highest BCUT2D eigenvalue weighted by molar-refractivity contribution is 5.96. The van der Waals surface area contributed by atoms with Crippen LogP contribution < -0.4 is 9.64 Å². The number of carbonyl (C=O) groups is 4. The van der Waals surface area contributed by atoms with Gasteiger partial charge in [-0.3, -0.25) is 24.2 Å². The van der Waals surface area contributed by atoms with Gasteiger partial charge < -0.3 is 39.0 Å². The van der Waals surface area contributed by atoms with E-state index in [1.807, 2.05) is 38.1 Å². The number of ether oxygens (including phenoxy) is 4. The summed E-state index contributed by atoms with van der Waals surface area (Å²) >= 11 is 0. The first kappa shape index (κ1) is 40.9. The fourth-order valence-corrected chi connectivity index (χ4v) is 13.9. The molecule has 1 aliphatic carbocycles. The minimum atomic E-state index is -2.48. The Labute approximate surface area is 350 Å². The number of carbonyl (C=O) groups excluding carboxylic acids is 4. The molecule has 1 spiro atoms. The number of aromatic amines is 1. The van der Waals surface area contributed by atoms with E-state index in [1.165, 1.54) is 33.2 Å². The van der Waals surface area contributed by atoms with Gasteiger partial charge in [-0.05, 0) is 93.6 Å². The van der Waals surface area contributed by atoms with E-state index in [1.54, 1.807) is 6.07 Å². The van der Waals surface area contributed by atoms with Crippen molar-refractivity contribution in [3.05, 3.63) is 58.8 Å². The molecule has 322 valence electrons. The van der Waals surface area contributed by atoms with Crippen LogP contribution in [-0.4, -0.2) is 133 Å². The lowest BCUT2D eigenvalue weighted by atomic mass is 9.46. The summed E-state index contributed by atoms with van der Waals surface area (Å²) < 4.78 is 23.8. The van der Waals surface area contributed by atoms with Crippen LogP contribution in [0.2, 0.25) is 0 Å². The fraction of sp³-hybridized carbons (Fsp3) is 0.609. The van der Waals surface area contributed by atoms with Crippen molar-refractivity contribution in [3.8, 4) is 5.75 Å². The van der Waals surface area contributed by atoms with Crippen LogP contribution >= 0.6 is 0 Å². The van der Waals surface area contributed by atoms with Crippen molar-refractivity contribution in [2.45, 2.75) is 112 Å². The zero-order valence-corrected chi connectivity index (χ0v) is 35.5. The second-order valence-electron chi connectivity index (χ2n) is 18.5. The molecule has 9 rings (SSSR count). The molecule has 14 nitrogen and oxygen atoms in total. The Kier molecular flexibility index (Phi) is 9.73. The first-order valence-electron chi connectivity index (χ1n) is 21.6. The highest BCUT2D eigenvalue weighted by Crippen LogP contribution is 2.69. The number of H-pyrrole nitrogens is 1. The zero-order valence-electron chi connectivity index (χ0n) is 35.5. The van der Waals surface area contributed by atoms with Crippen molar-refractivity contribution in [1.82, 2.24) is 14.8 Å². The number of hydrogen-bond acceptors (Lipinski definition) is 12. The van der Waals surface area contributed by atoms with E-state index in [2.05, 4.69) is 20.9 Å². The number of para-hydroxylation sites is 1. The Morgan fingerprint density at radius 1 is 0.933 bits per heavy atom. The highest BCUT2D eigenvalue weighted by atomic mass is 16.6. The van der Waals surface area contributed by atoms with Crippen molar-refractivity contribution < 1.29 is 48.3 Å². The Bertz CT molecular complexity index is 2260. The van der Waals surface area contributed by atoms with Gasteiger partial charge in [0, 0.05) is 71.7 Å². The van der Waals surface area contributed by atoms with Gasteiger partial charge in [0.2, 0.25) is 12.0 Å². The summed E-state index contributed by atoms with van der Waals surface area (Å²) in [5.74, 6) is -1.96. The van der Waals surface area contributed by atoms with Crippen LogP contribution in [0.15, 0.2) is 36.4 Å². The lowest BCUT2D eigenvalue weighted by Gasteiger charge is -2.64. The molecule has 1 unspecified atom stereocenters. The fourth-order valence-electron chi connectivity index (χ4n) is 13.9. The molecule has 3 aromatic rings. The Balaban J connectivity index is 1.38. The first-order chi connectivity index (χ1) is 28.8. The quantitative estimate of drug-likeness (QED) is 0.171. The molecular formula is C46H58N4O10. The van der Waals surface area contributed by atoms with Crippen molar-refractivity contribution in [2.75, 3.05) is 59.0 Å². The lowest BCUT2D eigenvalue weighted by Crippen LogP contribution is -2.82. The van der Waals surface area contributed by atoms with Gasteiger partial charge in [0.05, 0.1) is 38.7 Å². The van der Waals surface area contributed by atoms with Crippen molar-refractivity contribution in [2.24, 2.45) is 11.3 Å². The average molecular weight is 827 g/mol. The minimum Gasteiger partial charge on any atom is -0.496 e. The number of piperidine rings is 2. The summed E-state index contributed by atoms with van der Waals surface area (Å²) in [5.41, 5.74) is -2.74. The number of esters is 3. The smallest absolute Gasteiger partial charge is 0.344 e. The molecule has 1 saturated carbocycles. The van der Waals surface area contributed by atoms with E-state index >= 15 is 4.79 Å². The van der Waals surface area contributed by atoms with E-state index in [9.17, 15) is 24.6 Å². The predicted octanol–water partition coefficient (Wildman–Crippen LogP) is 3.74. The van der Waals surface area contributed by atoms with Crippen LogP contribution in [0.3, 0.4) is 0 Å². The van der Waals surface area contributed by atoms with Crippen LogP contribution in [0.4, 0.5) is 5.69 Å².